The van der Waals surface area contributed by atoms with Crippen LogP contribution in [0.1, 0.15) is 24.3 Å². The molecule has 0 saturated heterocycles. The maximum absolute atomic E-state index is 11.3. The topological polar surface area (TPSA) is 103 Å². The van der Waals surface area contributed by atoms with Crippen molar-refractivity contribution >= 4 is 11.7 Å². The summed E-state index contributed by atoms with van der Waals surface area (Å²) < 4.78 is 7.10. The second-order valence-electron chi connectivity index (χ2n) is 5.52. The van der Waals surface area contributed by atoms with Gasteiger partial charge >= 0.3 is 5.97 Å². The van der Waals surface area contributed by atoms with Crippen LogP contribution in [0.4, 0.5) is 5.69 Å². The standard InChI is InChI=1S/C16H20N4O3/c1-4-7-20-15(14(16(21)22)18-19-20)11-5-6-13(12(17)8-11)23-9-10(2)3/h4-6,8,10H,1,7,9,17H2,2-3H3,(H,21,22). The summed E-state index contributed by atoms with van der Waals surface area (Å²) in [6.07, 6.45) is 1.62. The molecule has 0 aliphatic heterocycles. The van der Waals surface area contributed by atoms with Gasteiger partial charge in [0, 0.05) is 5.56 Å². The Morgan fingerprint density at radius 1 is 1.52 bits per heavy atom. The van der Waals surface area contributed by atoms with E-state index in [1.807, 2.05) is 13.8 Å². The first-order chi connectivity index (χ1) is 10.9. The van der Waals surface area contributed by atoms with E-state index in [2.05, 4.69) is 16.9 Å². The minimum absolute atomic E-state index is 0.123. The Balaban J connectivity index is 2.42. The Hall–Kier alpha value is -2.83. The molecular formula is C16H20N4O3. The van der Waals surface area contributed by atoms with Crippen LogP contribution in [-0.4, -0.2) is 32.7 Å². The van der Waals surface area contributed by atoms with Crippen LogP contribution >= 0.6 is 0 Å². The van der Waals surface area contributed by atoms with Gasteiger partial charge in [-0.2, -0.15) is 0 Å². The van der Waals surface area contributed by atoms with E-state index in [1.54, 1.807) is 24.3 Å². The van der Waals surface area contributed by atoms with Crippen LogP contribution in [0.15, 0.2) is 30.9 Å². The number of ether oxygens (including phenoxy) is 1. The minimum Gasteiger partial charge on any atom is -0.491 e. The number of hydrogen-bond donors (Lipinski definition) is 2. The first-order valence-electron chi connectivity index (χ1n) is 7.24. The Kier molecular flexibility index (Phi) is 5.00. The second kappa shape index (κ2) is 6.95. The Morgan fingerprint density at radius 2 is 2.26 bits per heavy atom. The van der Waals surface area contributed by atoms with Crippen molar-refractivity contribution < 1.29 is 14.6 Å². The molecule has 7 heteroatoms. The van der Waals surface area contributed by atoms with Crippen molar-refractivity contribution in [1.29, 1.82) is 0 Å². The molecule has 0 amide bonds. The summed E-state index contributed by atoms with van der Waals surface area (Å²) in [5.41, 5.74) is 7.34. The molecule has 1 aromatic heterocycles. The fraction of sp³-hybridized carbons (Fsp3) is 0.312. The van der Waals surface area contributed by atoms with Crippen LogP contribution in [0.2, 0.25) is 0 Å². The number of anilines is 1. The lowest BCUT2D eigenvalue weighted by Crippen LogP contribution is -2.07. The Labute approximate surface area is 134 Å². The van der Waals surface area contributed by atoms with E-state index in [0.29, 0.717) is 41.8 Å². The molecule has 2 rings (SSSR count). The molecule has 0 radical (unpaired) electrons. The summed E-state index contributed by atoms with van der Waals surface area (Å²) in [5.74, 6) is -0.193. The van der Waals surface area contributed by atoms with Gasteiger partial charge in [0.25, 0.3) is 0 Å². The quantitative estimate of drug-likeness (QED) is 0.600. The number of nitrogen functional groups attached to an aromatic ring is 1. The van der Waals surface area contributed by atoms with Crippen molar-refractivity contribution in [3.63, 3.8) is 0 Å². The number of rotatable bonds is 7. The lowest BCUT2D eigenvalue weighted by Gasteiger charge is -2.12. The van der Waals surface area contributed by atoms with Crippen LogP contribution in [0.5, 0.6) is 5.75 Å². The van der Waals surface area contributed by atoms with Crippen LogP contribution in [0.25, 0.3) is 11.3 Å². The van der Waals surface area contributed by atoms with E-state index in [0.717, 1.165) is 0 Å². The van der Waals surface area contributed by atoms with Gasteiger partial charge in [0.1, 0.15) is 11.4 Å². The highest BCUT2D eigenvalue weighted by Crippen LogP contribution is 2.30. The number of nitrogens with zero attached hydrogens (tertiary/aromatic N) is 3. The fourth-order valence-electron chi connectivity index (χ4n) is 2.08. The highest BCUT2D eigenvalue weighted by atomic mass is 16.5. The normalized spacial score (nSPS) is 10.7. The maximum Gasteiger partial charge on any atom is 0.358 e. The third-order valence-electron chi connectivity index (χ3n) is 3.10. The molecule has 0 aliphatic rings. The molecule has 0 fully saturated rings. The number of aromatic nitrogens is 3. The number of aromatic carboxylic acids is 1. The predicted molar refractivity (Wildman–Crippen MR) is 87.4 cm³/mol. The third-order valence-corrected chi connectivity index (χ3v) is 3.10. The third kappa shape index (κ3) is 3.68. The molecule has 3 N–H and O–H groups in total. The lowest BCUT2D eigenvalue weighted by molar-refractivity contribution is 0.0691. The van der Waals surface area contributed by atoms with E-state index in [9.17, 15) is 9.90 Å². The molecule has 0 saturated carbocycles. The SMILES string of the molecule is C=CCn1nnc(C(=O)O)c1-c1ccc(OCC(C)C)c(N)c1. The maximum atomic E-state index is 11.3. The molecule has 0 unspecified atom stereocenters. The molecule has 7 nitrogen and oxygen atoms in total. The number of nitrogens with two attached hydrogens (primary N) is 1. The van der Waals surface area contributed by atoms with Gasteiger partial charge in [-0.15, -0.1) is 11.7 Å². The van der Waals surface area contributed by atoms with Crippen LogP contribution < -0.4 is 10.5 Å². The number of carboxylic acids is 1. The van der Waals surface area contributed by atoms with Gasteiger partial charge in [0.05, 0.1) is 18.8 Å². The van der Waals surface area contributed by atoms with E-state index in [-0.39, 0.29) is 5.69 Å². The monoisotopic (exact) mass is 316 g/mol. The average Bonchev–Trinajstić information content (AvgIpc) is 2.90. The Morgan fingerprint density at radius 3 is 2.83 bits per heavy atom. The highest BCUT2D eigenvalue weighted by Gasteiger charge is 2.20. The summed E-state index contributed by atoms with van der Waals surface area (Å²) in [6.45, 7) is 8.63. The van der Waals surface area contributed by atoms with Gasteiger partial charge in [-0.25, -0.2) is 9.48 Å². The average molecular weight is 316 g/mol. The van der Waals surface area contributed by atoms with Crippen molar-refractivity contribution in [3.05, 3.63) is 36.5 Å². The van der Waals surface area contributed by atoms with E-state index < -0.39 is 5.97 Å². The van der Waals surface area contributed by atoms with E-state index in [4.69, 9.17) is 10.5 Å². The summed E-state index contributed by atoms with van der Waals surface area (Å²) in [6, 6.07) is 5.14. The number of benzene rings is 1. The molecule has 0 bridgehead atoms. The number of carboxylic acid groups (broad SMARTS) is 1. The van der Waals surface area contributed by atoms with Gasteiger partial charge < -0.3 is 15.6 Å². The largest absolute Gasteiger partial charge is 0.491 e. The van der Waals surface area contributed by atoms with Crippen LogP contribution in [-0.2, 0) is 6.54 Å². The Bertz CT molecular complexity index is 722. The van der Waals surface area contributed by atoms with Crippen LogP contribution in [0, 0.1) is 5.92 Å². The van der Waals surface area contributed by atoms with Crippen molar-refractivity contribution in [2.75, 3.05) is 12.3 Å². The number of allylic oxidation sites excluding steroid dienone is 1. The minimum atomic E-state index is -1.14. The van der Waals surface area contributed by atoms with E-state index >= 15 is 0 Å². The second-order valence-corrected chi connectivity index (χ2v) is 5.52. The summed E-state index contributed by atoms with van der Waals surface area (Å²) >= 11 is 0. The van der Waals surface area contributed by atoms with E-state index in [1.165, 1.54) is 4.68 Å². The van der Waals surface area contributed by atoms with Gasteiger partial charge in [-0.1, -0.05) is 25.1 Å². The zero-order valence-corrected chi connectivity index (χ0v) is 13.2. The molecule has 2 aromatic rings. The van der Waals surface area contributed by atoms with Gasteiger partial charge in [0.2, 0.25) is 0 Å². The fourth-order valence-corrected chi connectivity index (χ4v) is 2.08. The summed E-state index contributed by atoms with van der Waals surface area (Å²) in [5, 5.41) is 16.9. The molecule has 1 aromatic carbocycles. The molecule has 0 aliphatic carbocycles. The smallest absolute Gasteiger partial charge is 0.358 e. The van der Waals surface area contributed by atoms with Gasteiger partial charge in [0.15, 0.2) is 5.69 Å². The predicted octanol–water partition coefficient (Wildman–Crippen LogP) is 2.45. The molecule has 0 atom stereocenters. The van der Waals surface area contributed by atoms with Crippen molar-refractivity contribution in [2.24, 2.45) is 5.92 Å². The number of carbonyl (C=O) groups is 1. The van der Waals surface area contributed by atoms with Gasteiger partial charge in [-0.3, -0.25) is 0 Å². The lowest BCUT2D eigenvalue weighted by atomic mass is 10.1. The zero-order chi connectivity index (χ0) is 17.0. The molecular weight excluding hydrogens is 296 g/mol. The van der Waals surface area contributed by atoms with Gasteiger partial charge in [-0.05, 0) is 24.1 Å². The summed E-state index contributed by atoms with van der Waals surface area (Å²) in [7, 11) is 0. The zero-order valence-electron chi connectivity index (χ0n) is 13.2. The first-order valence-corrected chi connectivity index (χ1v) is 7.24. The highest BCUT2D eigenvalue weighted by molar-refractivity contribution is 5.93. The molecule has 1 heterocycles. The summed E-state index contributed by atoms with van der Waals surface area (Å²) in [4.78, 5) is 11.3. The molecule has 23 heavy (non-hydrogen) atoms. The molecule has 0 spiro atoms. The molecule has 122 valence electrons. The van der Waals surface area contributed by atoms with Crippen LogP contribution in [0.3, 0.4) is 0 Å². The van der Waals surface area contributed by atoms with Crippen molar-refractivity contribution in [3.8, 4) is 17.0 Å². The first kappa shape index (κ1) is 16.5. The number of hydrogen-bond acceptors (Lipinski definition) is 5. The van der Waals surface area contributed by atoms with Crippen molar-refractivity contribution in [2.45, 2.75) is 20.4 Å². The van der Waals surface area contributed by atoms with Crippen molar-refractivity contribution in [1.82, 2.24) is 15.0 Å².